The van der Waals surface area contributed by atoms with E-state index in [2.05, 4.69) is 10.6 Å². The Bertz CT molecular complexity index is 804. The Balaban J connectivity index is 1.88. The molecule has 7 heteroatoms. The third-order valence-corrected chi connectivity index (χ3v) is 4.27. The Hall–Kier alpha value is -2.24. The molecule has 0 bridgehead atoms. The standard InChI is InChI=1S/C19H20Cl2N2O3/c1-11-5-4-6-12(2)18(11)23-17(24)10-22-19(25)13(3)26-16-8-7-14(20)9-15(16)21/h4-9,13H,10H2,1-3H3,(H,22,25)(H,23,24)/t13-/m0/s1. The van der Waals surface area contributed by atoms with Gasteiger partial charge in [0, 0.05) is 10.7 Å². The van der Waals surface area contributed by atoms with Crippen LogP contribution in [0, 0.1) is 13.8 Å². The molecule has 2 N–H and O–H groups in total. The van der Waals surface area contributed by atoms with Crippen LogP contribution in [0.15, 0.2) is 36.4 Å². The van der Waals surface area contributed by atoms with Gasteiger partial charge in [0.1, 0.15) is 5.75 Å². The van der Waals surface area contributed by atoms with E-state index in [0.717, 1.165) is 16.8 Å². The average molecular weight is 395 g/mol. The van der Waals surface area contributed by atoms with E-state index < -0.39 is 12.0 Å². The van der Waals surface area contributed by atoms with Crippen molar-refractivity contribution in [3.8, 4) is 5.75 Å². The minimum atomic E-state index is -0.818. The van der Waals surface area contributed by atoms with Crippen LogP contribution in [0.25, 0.3) is 0 Å². The number of hydrogen-bond donors (Lipinski definition) is 2. The van der Waals surface area contributed by atoms with Crippen molar-refractivity contribution >= 4 is 40.7 Å². The maximum Gasteiger partial charge on any atom is 0.261 e. The van der Waals surface area contributed by atoms with Gasteiger partial charge in [0.2, 0.25) is 5.91 Å². The first kappa shape index (κ1) is 20.1. The van der Waals surface area contributed by atoms with E-state index >= 15 is 0 Å². The molecule has 2 amide bonds. The fraction of sp³-hybridized carbons (Fsp3) is 0.263. The highest BCUT2D eigenvalue weighted by Gasteiger charge is 2.17. The van der Waals surface area contributed by atoms with Crippen LogP contribution in [0.2, 0.25) is 10.0 Å². The fourth-order valence-corrected chi connectivity index (χ4v) is 2.77. The van der Waals surface area contributed by atoms with Gasteiger partial charge >= 0.3 is 0 Å². The summed E-state index contributed by atoms with van der Waals surface area (Å²) in [4.78, 5) is 24.2. The van der Waals surface area contributed by atoms with Crippen LogP contribution < -0.4 is 15.4 Å². The predicted octanol–water partition coefficient (Wildman–Crippen LogP) is 4.13. The highest BCUT2D eigenvalue weighted by atomic mass is 35.5. The van der Waals surface area contributed by atoms with Crippen LogP contribution in [0.4, 0.5) is 5.69 Å². The SMILES string of the molecule is Cc1cccc(C)c1NC(=O)CNC(=O)[C@H](C)Oc1ccc(Cl)cc1Cl. The molecule has 0 fully saturated rings. The number of carbonyl (C=O) groups is 2. The highest BCUT2D eigenvalue weighted by Crippen LogP contribution is 2.28. The van der Waals surface area contributed by atoms with Crippen LogP contribution in [0.1, 0.15) is 18.1 Å². The Morgan fingerprint density at radius 1 is 1.12 bits per heavy atom. The van der Waals surface area contributed by atoms with E-state index in [0.29, 0.717) is 15.8 Å². The van der Waals surface area contributed by atoms with Gasteiger partial charge in [-0.1, -0.05) is 41.4 Å². The van der Waals surface area contributed by atoms with E-state index in [4.69, 9.17) is 27.9 Å². The summed E-state index contributed by atoms with van der Waals surface area (Å²) >= 11 is 11.8. The smallest absolute Gasteiger partial charge is 0.261 e. The summed E-state index contributed by atoms with van der Waals surface area (Å²) in [6.07, 6.45) is -0.818. The first-order valence-electron chi connectivity index (χ1n) is 8.03. The Labute approximate surface area is 162 Å². The first-order chi connectivity index (χ1) is 12.3. The predicted molar refractivity (Wildman–Crippen MR) is 104 cm³/mol. The van der Waals surface area contributed by atoms with Crippen molar-refractivity contribution in [2.75, 3.05) is 11.9 Å². The molecular formula is C19H20Cl2N2O3. The van der Waals surface area contributed by atoms with E-state index in [1.807, 2.05) is 32.0 Å². The highest BCUT2D eigenvalue weighted by molar-refractivity contribution is 6.35. The first-order valence-corrected chi connectivity index (χ1v) is 8.79. The monoisotopic (exact) mass is 394 g/mol. The van der Waals surface area contributed by atoms with Crippen LogP contribution >= 0.6 is 23.2 Å². The molecule has 0 heterocycles. The zero-order chi connectivity index (χ0) is 19.3. The molecule has 5 nitrogen and oxygen atoms in total. The van der Waals surface area contributed by atoms with Crippen molar-refractivity contribution < 1.29 is 14.3 Å². The number of halogens is 2. The molecule has 0 saturated heterocycles. The summed E-state index contributed by atoms with van der Waals surface area (Å²) in [5, 5.41) is 6.14. The van der Waals surface area contributed by atoms with Crippen LogP contribution in [-0.2, 0) is 9.59 Å². The zero-order valence-electron chi connectivity index (χ0n) is 14.7. The third kappa shape index (κ3) is 5.38. The molecule has 0 aliphatic heterocycles. The molecule has 1 atom stereocenters. The number of rotatable bonds is 6. The van der Waals surface area contributed by atoms with Gasteiger partial charge in [-0.2, -0.15) is 0 Å². The Morgan fingerprint density at radius 3 is 2.38 bits per heavy atom. The lowest BCUT2D eigenvalue weighted by Gasteiger charge is -2.16. The number of nitrogens with one attached hydrogen (secondary N) is 2. The van der Waals surface area contributed by atoms with Crippen molar-refractivity contribution in [3.63, 3.8) is 0 Å². The van der Waals surface area contributed by atoms with Crippen molar-refractivity contribution in [2.24, 2.45) is 0 Å². The summed E-state index contributed by atoms with van der Waals surface area (Å²) in [7, 11) is 0. The van der Waals surface area contributed by atoms with Gasteiger partial charge in [-0.25, -0.2) is 0 Å². The van der Waals surface area contributed by atoms with Crippen LogP contribution in [0.3, 0.4) is 0 Å². The number of aryl methyl sites for hydroxylation is 2. The molecule has 0 aliphatic rings. The van der Waals surface area contributed by atoms with E-state index in [9.17, 15) is 9.59 Å². The number of hydrogen-bond acceptors (Lipinski definition) is 3. The summed E-state index contributed by atoms with van der Waals surface area (Å²) in [5.74, 6) is -0.390. The van der Waals surface area contributed by atoms with Gasteiger partial charge in [0.25, 0.3) is 5.91 Å². The molecule has 0 spiro atoms. The molecule has 0 radical (unpaired) electrons. The molecule has 26 heavy (non-hydrogen) atoms. The second kappa shape index (κ2) is 8.92. The number of ether oxygens (including phenoxy) is 1. The molecule has 2 rings (SSSR count). The van der Waals surface area contributed by atoms with Gasteiger partial charge in [-0.15, -0.1) is 0 Å². The van der Waals surface area contributed by atoms with Crippen LogP contribution in [-0.4, -0.2) is 24.5 Å². The molecule has 2 aromatic rings. The summed E-state index contributed by atoms with van der Waals surface area (Å²) in [6, 6.07) is 10.5. The topological polar surface area (TPSA) is 67.4 Å². The number of benzene rings is 2. The zero-order valence-corrected chi connectivity index (χ0v) is 16.2. The van der Waals surface area contributed by atoms with E-state index in [1.54, 1.807) is 19.1 Å². The summed E-state index contributed by atoms with van der Waals surface area (Å²) < 4.78 is 5.52. The van der Waals surface area contributed by atoms with E-state index in [-0.39, 0.29) is 12.5 Å². The number of carbonyl (C=O) groups excluding carboxylic acids is 2. The normalized spacial score (nSPS) is 11.6. The van der Waals surface area contributed by atoms with Gasteiger partial charge < -0.3 is 15.4 Å². The maximum atomic E-state index is 12.1. The third-order valence-electron chi connectivity index (χ3n) is 3.74. The molecule has 0 unspecified atom stereocenters. The summed E-state index contributed by atoms with van der Waals surface area (Å²) in [6.45, 7) is 5.23. The molecule has 2 aromatic carbocycles. The molecule has 0 saturated carbocycles. The molecule has 0 aliphatic carbocycles. The largest absolute Gasteiger partial charge is 0.479 e. The lowest BCUT2D eigenvalue weighted by molar-refractivity contribution is -0.129. The lowest BCUT2D eigenvalue weighted by atomic mass is 10.1. The van der Waals surface area contributed by atoms with Gasteiger partial charge in [-0.05, 0) is 50.1 Å². The van der Waals surface area contributed by atoms with Crippen LogP contribution in [0.5, 0.6) is 5.75 Å². The summed E-state index contributed by atoms with van der Waals surface area (Å²) in [5.41, 5.74) is 2.67. The number of para-hydroxylation sites is 1. The van der Waals surface area contributed by atoms with Crippen molar-refractivity contribution in [3.05, 3.63) is 57.6 Å². The second-order valence-electron chi connectivity index (χ2n) is 5.87. The number of anilines is 1. The second-order valence-corrected chi connectivity index (χ2v) is 6.71. The Morgan fingerprint density at radius 2 is 1.77 bits per heavy atom. The Kier molecular flexibility index (Phi) is 6.89. The van der Waals surface area contributed by atoms with Crippen molar-refractivity contribution in [1.29, 1.82) is 0 Å². The van der Waals surface area contributed by atoms with Gasteiger partial charge in [-0.3, -0.25) is 9.59 Å². The minimum absolute atomic E-state index is 0.158. The lowest BCUT2D eigenvalue weighted by Crippen LogP contribution is -2.40. The maximum absolute atomic E-state index is 12.1. The number of amides is 2. The average Bonchev–Trinajstić information content (AvgIpc) is 2.58. The van der Waals surface area contributed by atoms with Crippen molar-refractivity contribution in [1.82, 2.24) is 5.32 Å². The minimum Gasteiger partial charge on any atom is -0.479 e. The molecular weight excluding hydrogens is 375 g/mol. The fourth-order valence-electron chi connectivity index (χ4n) is 2.32. The molecule has 0 aromatic heterocycles. The van der Waals surface area contributed by atoms with E-state index in [1.165, 1.54) is 6.07 Å². The van der Waals surface area contributed by atoms with Gasteiger partial charge in [0.15, 0.2) is 6.10 Å². The quantitative estimate of drug-likeness (QED) is 0.773. The van der Waals surface area contributed by atoms with Gasteiger partial charge in [0.05, 0.1) is 11.6 Å². The molecule has 138 valence electrons. The van der Waals surface area contributed by atoms with Crippen molar-refractivity contribution in [2.45, 2.75) is 26.9 Å².